The molecule has 12 heteroatoms. The standard InChI is InChI=1S/C18H32N2.2ClHO4/c1-13(2)18-15-11-14(16-7-4-6-10-20(16)18)12-19-9-5-3-8-17(15)19;2*2-1(3,4)5/h13-18H,3-12H2,1-2H3;2*(H,2,3,4,5)/t14-,15+,16-,17+,18+;;/m0../s1. The van der Waals surface area contributed by atoms with Gasteiger partial charge in [-0.2, -0.15) is 0 Å². The zero-order valence-electron chi connectivity index (χ0n) is 17.6. The van der Waals surface area contributed by atoms with Crippen LogP contribution in [0.4, 0.5) is 0 Å². The minimum absolute atomic E-state index is 0.887. The second-order valence-corrected chi connectivity index (χ2v) is 10.8. The molecule has 4 saturated heterocycles. The second kappa shape index (κ2) is 10.9. The van der Waals surface area contributed by atoms with Gasteiger partial charge in [0, 0.05) is 18.8 Å². The van der Waals surface area contributed by atoms with Gasteiger partial charge in [0.25, 0.3) is 0 Å². The predicted molar refractivity (Wildman–Crippen MR) is 82.0 cm³/mol. The molecule has 2 bridgehead atoms. The highest BCUT2D eigenvalue weighted by molar-refractivity contribution is 4.92. The number of nitrogens with one attached hydrogen (secondary N) is 2. The number of hydrogen-bond donors (Lipinski definition) is 2. The average Bonchev–Trinajstić information content (AvgIpc) is 2.59. The van der Waals surface area contributed by atoms with Crippen molar-refractivity contribution in [2.75, 3.05) is 19.6 Å². The van der Waals surface area contributed by atoms with Crippen molar-refractivity contribution in [2.45, 2.75) is 76.9 Å². The van der Waals surface area contributed by atoms with Crippen molar-refractivity contribution >= 4 is 0 Å². The molecule has 4 heterocycles. The summed E-state index contributed by atoms with van der Waals surface area (Å²) >= 11 is 0. The predicted octanol–water partition coefficient (Wildman–Crippen LogP) is -8.98. The van der Waals surface area contributed by atoms with Gasteiger partial charge in [0.15, 0.2) is 0 Å². The lowest BCUT2D eigenvalue weighted by molar-refractivity contribution is -2.00. The zero-order valence-corrected chi connectivity index (χ0v) is 19.1. The molecule has 0 aliphatic carbocycles. The maximum atomic E-state index is 8.49. The van der Waals surface area contributed by atoms with Gasteiger partial charge in [0.1, 0.15) is 0 Å². The van der Waals surface area contributed by atoms with Crippen molar-refractivity contribution in [1.82, 2.24) is 0 Å². The number of halogens is 2. The fourth-order valence-corrected chi connectivity index (χ4v) is 6.73. The third kappa shape index (κ3) is 8.27. The maximum Gasteiger partial charge on any atom is 0.0986 e. The van der Waals surface area contributed by atoms with E-state index in [1.54, 1.807) is 6.42 Å². The minimum atomic E-state index is -4.94. The van der Waals surface area contributed by atoms with Crippen LogP contribution in [0.2, 0.25) is 0 Å². The first-order valence-electron chi connectivity index (χ1n) is 10.7. The zero-order chi connectivity index (χ0) is 22.7. The number of fused-ring (bicyclic) bond motifs is 6. The minimum Gasteiger partial charge on any atom is -0.332 e. The highest BCUT2D eigenvalue weighted by atomic mass is 35.7. The van der Waals surface area contributed by atoms with E-state index in [-0.39, 0.29) is 0 Å². The molecule has 30 heavy (non-hydrogen) atoms. The lowest BCUT2D eigenvalue weighted by Gasteiger charge is -2.57. The Bertz CT molecular complexity index is 505. The molecule has 178 valence electrons. The van der Waals surface area contributed by atoms with Crippen LogP contribution in [0.25, 0.3) is 0 Å². The molecular formula is C18H34Cl2N2O8. The summed E-state index contributed by atoms with van der Waals surface area (Å²) in [6.45, 7) is 9.54. The lowest BCUT2D eigenvalue weighted by Crippen LogP contribution is -3.29. The first-order valence-corrected chi connectivity index (χ1v) is 13.2. The van der Waals surface area contributed by atoms with E-state index < -0.39 is 20.5 Å². The number of piperidine rings is 4. The third-order valence-electron chi connectivity index (χ3n) is 7.29. The van der Waals surface area contributed by atoms with Gasteiger partial charge in [-0.05, 0) is 32.1 Å². The molecule has 10 nitrogen and oxygen atoms in total. The first kappa shape index (κ1) is 26.4. The van der Waals surface area contributed by atoms with Crippen LogP contribution in [-0.4, -0.2) is 37.8 Å². The van der Waals surface area contributed by atoms with Crippen molar-refractivity contribution in [3.05, 3.63) is 0 Å². The lowest BCUT2D eigenvalue weighted by atomic mass is 9.65. The van der Waals surface area contributed by atoms with E-state index in [0.29, 0.717) is 0 Å². The normalized spacial score (nSPS) is 38.3. The Morgan fingerprint density at radius 1 is 0.733 bits per heavy atom. The van der Waals surface area contributed by atoms with Gasteiger partial charge in [-0.1, -0.05) is 13.8 Å². The quantitative estimate of drug-likeness (QED) is 0.372. The summed E-state index contributed by atoms with van der Waals surface area (Å²) in [6.07, 6.45) is 10.7. The Balaban J connectivity index is 0.000000271. The van der Waals surface area contributed by atoms with Gasteiger partial charge >= 0.3 is 0 Å². The molecule has 4 aliphatic rings. The summed E-state index contributed by atoms with van der Waals surface area (Å²) in [5.74, 6) is 3.00. The van der Waals surface area contributed by atoms with Crippen molar-refractivity contribution < 1.29 is 67.6 Å². The van der Waals surface area contributed by atoms with Gasteiger partial charge in [-0.25, -0.2) is 37.3 Å². The molecule has 4 aliphatic heterocycles. The summed E-state index contributed by atoms with van der Waals surface area (Å²) < 4.78 is 67.9. The Morgan fingerprint density at radius 3 is 1.77 bits per heavy atom. The fourth-order valence-electron chi connectivity index (χ4n) is 6.73. The summed E-state index contributed by atoms with van der Waals surface area (Å²) in [7, 11) is -9.89. The van der Waals surface area contributed by atoms with Crippen LogP contribution in [0, 0.1) is 38.2 Å². The van der Waals surface area contributed by atoms with Crippen LogP contribution >= 0.6 is 0 Å². The molecule has 0 radical (unpaired) electrons. The van der Waals surface area contributed by atoms with Gasteiger partial charge < -0.3 is 9.80 Å². The van der Waals surface area contributed by atoms with Crippen LogP contribution in [0.5, 0.6) is 0 Å². The van der Waals surface area contributed by atoms with E-state index in [9.17, 15) is 0 Å². The van der Waals surface area contributed by atoms with Crippen molar-refractivity contribution in [2.24, 2.45) is 17.8 Å². The molecule has 4 rings (SSSR count). The fraction of sp³-hybridized carbons (Fsp3) is 1.00. The summed E-state index contributed by atoms with van der Waals surface area (Å²) in [4.78, 5) is 4.07. The monoisotopic (exact) mass is 476 g/mol. The highest BCUT2D eigenvalue weighted by Crippen LogP contribution is 2.34. The van der Waals surface area contributed by atoms with Crippen LogP contribution in [0.1, 0.15) is 58.8 Å². The Morgan fingerprint density at radius 2 is 1.23 bits per heavy atom. The molecule has 0 amide bonds. The molecule has 2 N–H and O–H groups in total. The van der Waals surface area contributed by atoms with E-state index in [0.717, 1.165) is 35.9 Å². The molecule has 4 fully saturated rings. The van der Waals surface area contributed by atoms with E-state index in [1.165, 1.54) is 58.2 Å². The molecule has 0 aromatic carbocycles. The smallest absolute Gasteiger partial charge is 0.0986 e. The summed E-state index contributed by atoms with van der Waals surface area (Å²) in [5, 5.41) is 0. The Hall–Kier alpha value is 0.180. The molecule has 0 aromatic heterocycles. The molecule has 7 atom stereocenters. The van der Waals surface area contributed by atoms with Gasteiger partial charge in [-0.15, -0.1) is 20.5 Å². The highest BCUT2D eigenvalue weighted by Gasteiger charge is 2.56. The SMILES string of the molecule is CC(C)[C@@H]1[C@@H]2C[C@@H](C[NH+]3CCCC[C@H]23)[C@@H]2CCCC[NH+]12.[O-][Cl+3]([O-])([O-])[O-].[O-][Cl+3]([O-])([O-])[O-]. The molecular weight excluding hydrogens is 443 g/mol. The average molecular weight is 477 g/mol. The van der Waals surface area contributed by atoms with Gasteiger partial charge in [0.05, 0.1) is 49.6 Å². The van der Waals surface area contributed by atoms with Crippen LogP contribution in [0.3, 0.4) is 0 Å². The van der Waals surface area contributed by atoms with E-state index in [4.69, 9.17) is 37.3 Å². The number of hydrogen-bond acceptors (Lipinski definition) is 8. The summed E-state index contributed by atoms with van der Waals surface area (Å²) in [6, 6.07) is 3.04. The summed E-state index contributed by atoms with van der Waals surface area (Å²) in [5.41, 5.74) is 0. The van der Waals surface area contributed by atoms with E-state index >= 15 is 0 Å². The number of rotatable bonds is 1. The molecule has 0 saturated carbocycles. The first-order chi connectivity index (χ1) is 13.8. The molecule has 2 unspecified atom stereocenters. The number of quaternary nitrogens is 2. The largest absolute Gasteiger partial charge is 0.332 e. The molecule has 0 aromatic rings. The van der Waals surface area contributed by atoms with Crippen molar-refractivity contribution in [3.63, 3.8) is 0 Å². The maximum absolute atomic E-state index is 8.49. The van der Waals surface area contributed by atoms with Crippen LogP contribution < -0.4 is 47.1 Å². The van der Waals surface area contributed by atoms with Gasteiger partial charge in [-0.3, -0.25) is 0 Å². The second-order valence-electron chi connectivity index (χ2n) is 9.33. The van der Waals surface area contributed by atoms with Gasteiger partial charge in [0.2, 0.25) is 0 Å². The topological polar surface area (TPSA) is 193 Å². The van der Waals surface area contributed by atoms with Crippen molar-refractivity contribution in [3.8, 4) is 0 Å². The van der Waals surface area contributed by atoms with Crippen LogP contribution in [-0.2, 0) is 0 Å². The molecule has 0 spiro atoms. The van der Waals surface area contributed by atoms with E-state index in [1.807, 2.05) is 4.90 Å². The Kier molecular flexibility index (Phi) is 9.57. The van der Waals surface area contributed by atoms with Crippen molar-refractivity contribution in [1.29, 1.82) is 0 Å². The third-order valence-corrected chi connectivity index (χ3v) is 7.29. The van der Waals surface area contributed by atoms with E-state index in [2.05, 4.69) is 18.7 Å². The van der Waals surface area contributed by atoms with Crippen LogP contribution in [0.15, 0.2) is 0 Å². The Labute approximate surface area is 182 Å².